The Kier molecular flexibility index (Phi) is 3.89. The number of amides is 1. The summed E-state index contributed by atoms with van der Waals surface area (Å²) in [6.07, 6.45) is 4.10. The minimum absolute atomic E-state index is 0.0166. The number of likely N-dealkylation sites (tertiary alicyclic amines) is 1. The van der Waals surface area contributed by atoms with Crippen molar-refractivity contribution in [1.29, 1.82) is 0 Å². The van der Waals surface area contributed by atoms with Crippen molar-refractivity contribution in [3.8, 4) is 0 Å². The van der Waals surface area contributed by atoms with E-state index >= 15 is 0 Å². The highest BCUT2D eigenvalue weighted by Gasteiger charge is 2.62. The molecule has 1 spiro atoms. The Balaban J connectivity index is 1.82. The molecule has 0 saturated carbocycles. The smallest absolute Gasteiger partial charge is 0.410 e. The second kappa shape index (κ2) is 5.57. The number of hydrogen-bond donors (Lipinski definition) is 0. The molecule has 122 valence electrons. The van der Waals surface area contributed by atoms with Gasteiger partial charge in [0.25, 0.3) is 0 Å². The molecule has 1 unspecified atom stereocenters. The quantitative estimate of drug-likeness (QED) is 0.587. The number of rotatable bonds is 3. The third-order valence-corrected chi connectivity index (χ3v) is 4.94. The van der Waals surface area contributed by atoms with Crippen molar-refractivity contribution < 1.29 is 23.8 Å². The van der Waals surface area contributed by atoms with Crippen molar-refractivity contribution in [2.24, 2.45) is 11.8 Å². The molecule has 6 heteroatoms. The van der Waals surface area contributed by atoms with Gasteiger partial charge in [-0.25, -0.2) is 4.79 Å². The Hall–Kier alpha value is -1.56. The first-order valence-corrected chi connectivity index (χ1v) is 7.99. The fourth-order valence-electron chi connectivity index (χ4n) is 3.98. The van der Waals surface area contributed by atoms with Crippen molar-refractivity contribution in [1.82, 2.24) is 4.90 Å². The Morgan fingerprint density at radius 3 is 2.73 bits per heavy atom. The highest BCUT2D eigenvalue weighted by atomic mass is 16.6. The highest BCUT2D eigenvalue weighted by Crippen LogP contribution is 2.52. The third-order valence-electron chi connectivity index (χ3n) is 4.94. The van der Waals surface area contributed by atoms with Gasteiger partial charge in [0.2, 0.25) is 0 Å². The summed E-state index contributed by atoms with van der Waals surface area (Å²) in [5.74, 6) is -0.403. The van der Waals surface area contributed by atoms with Gasteiger partial charge in [-0.2, -0.15) is 0 Å². The van der Waals surface area contributed by atoms with Gasteiger partial charge in [-0.1, -0.05) is 12.2 Å². The van der Waals surface area contributed by atoms with Crippen LogP contribution in [0, 0.1) is 11.8 Å². The molecule has 2 bridgehead atoms. The molecule has 0 aromatic heterocycles. The normalized spacial score (nSPS) is 38.8. The molecule has 0 radical (unpaired) electrons. The van der Waals surface area contributed by atoms with Gasteiger partial charge in [-0.05, 0) is 27.2 Å². The average Bonchev–Trinajstić information content (AvgIpc) is 3.01. The Labute approximate surface area is 130 Å². The lowest BCUT2D eigenvalue weighted by Crippen LogP contribution is -2.58. The molecule has 0 aliphatic carbocycles. The van der Waals surface area contributed by atoms with Gasteiger partial charge in [0, 0.05) is 12.0 Å². The van der Waals surface area contributed by atoms with Crippen molar-refractivity contribution >= 4 is 12.1 Å². The number of carbonyl (C=O) groups excluding carboxylic acids is 2. The molecule has 0 aromatic rings. The molecule has 3 aliphatic rings. The van der Waals surface area contributed by atoms with Gasteiger partial charge in [-0.3, -0.25) is 4.79 Å². The molecule has 0 aromatic carbocycles. The largest absolute Gasteiger partial charge is 0.466 e. The van der Waals surface area contributed by atoms with E-state index in [4.69, 9.17) is 14.2 Å². The van der Waals surface area contributed by atoms with Crippen LogP contribution in [0.1, 0.15) is 27.2 Å². The van der Waals surface area contributed by atoms with Gasteiger partial charge in [0.1, 0.15) is 5.60 Å². The van der Waals surface area contributed by atoms with Crippen molar-refractivity contribution in [2.45, 2.75) is 44.9 Å². The lowest BCUT2D eigenvalue weighted by Gasteiger charge is -2.45. The van der Waals surface area contributed by atoms with E-state index in [0.717, 1.165) is 0 Å². The fraction of sp³-hybridized carbons (Fsp3) is 0.750. The van der Waals surface area contributed by atoms with Crippen LogP contribution in [0.2, 0.25) is 0 Å². The van der Waals surface area contributed by atoms with Crippen LogP contribution in [0.3, 0.4) is 0 Å². The zero-order valence-electron chi connectivity index (χ0n) is 13.3. The van der Waals surface area contributed by atoms with E-state index < -0.39 is 5.60 Å². The van der Waals surface area contributed by atoms with E-state index in [9.17, 15) is 9.59 Å². The lowest BCUT2D eigenvalue weighted by atomic mass is 9.70. The summed E-state index contributed by atoms with van der Waals surface area (Å²) < 4.78 is 16.4. The van der Waals surface area contributed by atoms with Gasteiger partial charge in [0.05, 0.1) is 31.8 Å². The van der Waals surface area contributed by atoms with Gasteiger partial charge in [0.15, 0.2) is 0 Å². The molecule has 22 heavy (non-hydrogen) atoms. The predicted octanol–water partition coefficient (Wildman–Crippen LogP) is 1.74. The maximum absolute atomic E-state index is 12.3. The summed E-state index contributed by atoms with van der Waals surface area (Å²) in [6.45, 7) is 6.74. The lowest BCUT2D eigenvalue weighted by molar-refractivity contribution is -0.150. The molecule has 5 atom stereocenters. The number of carbonyl (C=O) groups is 2. The molecule has 2 fully saturated rings. The van der Waals surface area contributed by atoms with Crippen LogP contribution in [0.15, 0.2) is 12.2 Å². The van der Waals surface area contributed by atoms with E-state index in [1.54, 1.807) is 11.8 Å². The number of fused-ring (bicyclic) bond motifs is 1. The van der Waals surface area contributed by atoms with Crippen molar-refractivity contribution in [3.63, 3.8) is 0 Å². The molecular weight excluding hydrogens is 286 g/mol. The SMILES string of the molecule is CCOC(=O)[C@@H]1C2C[C@@H](C)N(C(=O)OCC)C[C@]23C=C[C@H]1O3. The Morgan fingerprint density at radius 1 is 1.32 bits per heavy atom. The minimum atomic E-state index is -0.568. The third kappa shape index (κ3) is 2.20. The van der Waals surface area contributed by atoms with E-state index in [0.29, 0.717) is 26.2 Å². The van der Waals surface area contributed by atoms with E-state index in [2.05, 4.69) is 0 Å². The number of ether oxygens (including phenoxy) is 3. The Morgan fingerprint density at radius 2 is 2.05 bits per heavy atom. The van der Waals surface area contributed by atoms with Crippen LogP contribution in [-0.4, -0.2) is 54.5 Å². The van der Waals surface area contributed by atoms with Crippen LogP contribution in [0.4, 0.5) is 4.79 Å². The Bertz CT molecular complexity index is 505. The first kappa shape index (κ1) is 15.3. The minimum Gasteiger partial charge on any atom is -0.466 e. The van der Waals surface area contributed by atoms with Gasteiger partial charge >= 0.3 is 12.1 Å². The first-order valence-electron chi connectivity index (χ1n) is 7.99. The highest BCUT2D eigenvalue weighted by molar-refractivity contribution is 5.76. The van der Waals surface area contributed by atoms with Crippen LogP contribution >= 0.6 is 0 Å². The number of nitrogens with zero attached hydrogens (tertiary/aromatic N) is 1. The van der Waals surface area contributed by atoms with Crippen molar-refractivity contribution in [3.05, 3.63) is 12.2 Å². The van der Waals surface area contributed by atoms with E-state index in [-0.39, 0.29) is 36.0 Å². The fourth-order valence-corrected chi connectivity index (χ4v) is 3.98. The predicted molar refractivity (Wildman–Crippen MR) is 78.2 cm³/mol. The molecule has 2 saturated heterocycles. The number of hydrogen-bond acceptors (Lipinski definition) is 5. The average molecular weight is 309 g/mol. The standard InChI is InChI=1S/C16H23NO5/c1-4-20-14(18)13-11-8-10(3)17(15(19)21-5-2)9-16(11)7-6-12(13)22-16/h6-7,10-13H,4-5,8-9H2,1-3H3/t10-,11?,12-,13-,16-/m1/s1. The zero-order chi connectivity index (χ0) is 15.9. The zero-order valence-corrected chi connectivity index (χ0v) is 13.3. The molecule has 1 amide bonds. The van der Waals surface area contributed by atoms with Gasteiger partial charge < -0.3 is 19.1 Å². The van der Waals surface area contributed by atoms with Crippen LogP contribution in [-0.2, 0) is 19.0 Å². The number of piperidine rings is 1. The van der Waals surface area contributed by atoms with Gasteiger partial charge in [-0.15, -0.1) is 0 Å². The van der Waals surface area contributed by atoms with Crippen LogP contribution < -0.4 is 0 Å². The molecular formula is C16H23NO5. The summed E-state index contributed by atoms with van der Waals surface area (Å²) in [7, 11) is 0. The molecule has 6 nitrogen and oxygen atoms in total. The summed E-state index contributed by atoms with van der Waals surface area (Å²) >= 11 is 0. The second-order valence-electron chi connectivity index (χ2n) is 6.19. The van der Waals surface area contributed by atoms with Crippen LogP contribution in [0.25, 0.3) is 0 Å². The maximum Gasteiger partial charge on any atom is 0.410 e. The van der Waals surface area contributed by atoms with E-state index in [1.807, 2.05) is 26.0 Å². The molecule has 3 rings (SSSR count). The summed E-state index contributed by atoms with van der Waals surface area (Å²) in [5, 5.41) is 0. The summed E-state index contributed by atoms with van der Waals surface area (Å²) in [4.78, 5) is 26.1. The molecule has 3 heterocycles. The van der Waals surface area contributed by atoms with Crippen molar-refractivity contribution in [2.75, 3.05) is 19.8 Å². The maximum atomic E-state index is 12.3. The summed E-state index contributed by atoms with van der Waals surface area (Å²) in [6, 6.07) is 0.0166. The van der Waals surface area contributed by atoms with Crippen LogP contribution in [0.5, 0.6) is 0 Å². The van der Waals surface area contributed by atoms with E-state index in [1.165, 1.54) is 0 Å². The molecule has 3 aliphatic heterocycles. The first-order chi connectivity index (χ1) is 10.5. The molecule has 0 N–H and O–H groups in total. The second-order valence-corrected chi connectivity index (χ2v) is 6.19. The monoisotopic (exact) mass is 309 g/mol. The topological polar surface area (TPSA) is 65.1 Å². The summed E-state index contributed by atoms with van der Waals surface area (Å²) in [5.41, 5.74) is -0.568. The number of esters is 1.